The Balaban J connectivity index is 1.53. The Labute approximate surface area is 152 Å². The van der Waals surface area contributed by atoms with E-state index in [2.05, 4.69) is 12.1 Å². The highest BCUT2D eigenvalue weighted by Gasteiger charge is 2.31. The Kier molecular flexibility index (Phi) is 3.45. The number of fused-ring (bicyclic) bond motifs is 3. The number of nitrogens with zero attached hydrogens (tertiary/aromatic N) is 1. The summed E-state index contributed by atoms with van der Waals surface area (Å²) in [7, 11) is 0. The van der Waals surface area contributed by atoms with Gasteiger partial charge in [-0.15, -0.1) is 0 Å². The highest BCUT2D eigenvalue weighted by atomic mass is 16.5. The Morgan fingerprint density at radius 2 is 1.50 bits per heavy atom. The van der Waals surface area contributed by atoms with Crippen LogP contribution in [0.5, 0.6) is 0 Å². The first-order chi connectivity index (χ1) is 12.8. The van der Waals surface area contributed by atoms with E-state index in [1.165, 1.54) is 5.56 Å². The summed E-state index contributed by atoms with van der Waals surface area (Å²) in [5.41, 5.74) is 5.59. The van der Waals surface area contributed by atoms with Crippen LogP contribution in [0.2, 0.25) is 0 Å². The van der Waals surface area contributed by atoms with E-state index in [-0.39, 0.29) is 11.8 Å². The molecular weight excluding hydrogens is 322 g/mol. The van der Waals surface area contributed by atoms with Gasteiger partial charge in [0.2, 0.25) is 5.90 Å². The van der Waals surface area contributed by atoms with E-state index >= 15 is 0 Å². The number of benzene rings is 3. The van der Waals surface area contributed by atoms with Crippen molar-refractivity contribution in [2.24, 2.45) is 4.99 Å². The van der Waals surface area contributed by atoms with E-state index < -0.39 is 0 Å². The Morgan fingerprint density at radius 1 is 0.808 bits per heavy atom. The van der Waals surface area contributed by atoms with Crippen molar-refractivity contribution in [1.82, 2.24) is 0 Å². The van der Waals surface area contributed by atoms with Gasteiger partial charge in [-0.1, -0.05) is 66.7 Å². The summed E-state index contributed by atoms with van der Waals surface area (Å²) in [6.45, 7) is 0.573. The Morgan fingerprint density at radius 3 is 2.35 bits per heavy atom. The van der Waals surface area contributed by atoms with E-state index in [1.807, 2.05) is 60.7 Å². The number of rotatable bonds is 3. The van der Waals surface area contributed by atoms with Crippen molar-refractivity contribution in [3.63, 3.8) is 0 Å². The fraction of sp³-hybridized carbons (Fsp3) is 0.130. The zero-order valence-electron chi connectivity index (χ0n) is 14.2. The molecule has 3 heteroatoms. The van der Waals surface area contributed by atoms with Crippen molar-refractivity contribution in [3.8, 4) is 11.1 Å². The average molecular weight is 339 g/mol. The minimum Gasteiger partial charge on any atom is -0.475 e. The Hall–Kier alpha value is -3.20. The highest BCUT2D eigenvalue weighted by Crippen LogP contribution is 2.39. The fourth-order valence-electron chi connectivity index (χ4n) is 3.81. The third kappa shape index (κ3) is 2.36. The van der Waals surface area contributed by atoms with Crippen LogP contribution < -0.4 is 0 Å². The topological polar surface area (TPSA) is 38.7 Å². The molecule has 1 aliphatic carbocycles. The molecule has 0 saturated heterocycles. The third-order valence-electron chi connectivity index (χ3n) is 5.01. The number of ether oxygens (including phenoxy) is 1. The molecule has 3 aromatic carbocycles. The molecule has 0 spiro atoms. The molecule has 3 aromatic rings. The Bertz CT molecular complexity index is 1040. The van der Waals surface area contributed by atoms with Gasteiger partial charge >= 0.3 is 0 Å². The minimum absolute atomic E-state index is 0.0804. The lowest BCUT2D eigenvalue weighted by atomic mass is 9.99. The summed E-state index contributed by atoms with van der Waals surface area (Å²) >= 11 is 0. The molecule has 0 unspecified atom stereocenters. The quantitative estimate of drug-likeness (QED) is 0.559. The molecule has 2 aliphatic rings. The van der Waals surface area contributed by atoms with Gasteiger partial charge in [-0.2, -0.15) is 0 Å². The van der Waals surface area contributed by atoms with Gasteiger partial charge in [0, 0.05) is 22.3 Å². The smallest absolute Gasteiger partial charge is 0.217 e. The van der Waals surface area contributed by atoms with E-state index in [0.717, 1.165) is 34.2 Å². The van der Waals surface area contributed by atoms with Crippen LogP contribution in [0.25, 0.3) is 11.1 Å². The maximum atomic E-state index is 12.7. The normalized spacial score (nSPS) is 17.5. The zero-order chi connectivity index (χ0) is 17.5. The van der Waals surface area contributed by atoms with Crippen LogP contribution in [0, 0.1) is 0 Å². The van der Waals surface area contributed by atoms with Crippen LogP contribution in [-0.2, 0) is 11.2 Å². The number of hydrogen-bond acceptors (Lipinski definition) is 3. The molecule has 0 bridgehead atoms. The number of aliphatic imine (C=N–C) groups is 1. The number of ketones is 1. The molecule has 1 atom stereocenters. The van der Waals surface area contributed by atoms with Crippen molar-refractivity contribution >= 4 is 11.7 Å². The van der Waals surface area contributed by atoms with Gasteiger partial charge in [0.25, 0.3) is 0 Å². The molecule has 1 aliphatic heterocycles. The highest BCUT2D eigenvalue weighted by molar-refractivity contribution is 6.24. The molecule has 0 radical (unpaired) electrons. The fourth-order valence-corrected chi connectivity index (χ4v) is 3.81. The van der Waals surface area contributed by atoms with Crippen LogP contribution >= 0.6 is 0 Å². The van der Waals surface area contributed by atoms with Crippen molar-refractivity contribution in [3.05, 3.63) is 95.1 Å². The zero-order valence-corrected chi connectivity index (χ0v) is 14.2. The van der Waals surface area contributed by atoms with Gasteiger partial charge in [0.05, 0.1) is 6.04 Å². The van der Waals surface area contributed by atoms with Crippen LogP contribution in [-0.4, -0.2) is 24.3 Å². The van der Waals surface area contributed by atoms with Crippen LogP contribution in [0.1, 0.15) is 27.0 Å². The molecule has 0 N–H and O–H groups in total. The second kappa shape index (κ2) is 5.95. The standard InChI is InChI=1S/C23H17NO2/c25-22-18-10-5-4-9-17(18)21-19(22)11-6-12-20(21)23-24-16(14-26-23)13-15-7-2-1-3-8-15/h1-12,16H,13-14H2/t16-/m0/s1. The number of carbonyl (C=O) groups is 1. The molecule has 0 saturated carbocycles. The monoisotopic (exact) mass is 339 g/mol. The lowest BCUT2D eigenvalue weighted by Gasteiger charge is -2.08. The van der Waals surface area contributed by atoms with Crippen LogP contribution in [0.15, 0.2) is 77.8 Å². The maximum absolute atomic E-state index is 12.7. The number of carbonyl (C=O) groups excluding carboxylic acids is 1. The predicted molar refractivity (Wildman–Crippen MR) is 102 cm³/mol. The summed E-state index contributed by atoms with van der Waals surface area (Å²) in [6.07, 6.45) is 0.856. The third-order valence-corrected chi connectivity index (χ3v) is 5.01. The lowest BCUT2D eigenvalue weighted by molar-refractivity contribution is 0.104. The first-order valence-electron chi connectivity index (χ1n) is 8.83. The SMILES string of the molecule is O=C1c2ccccc2-c2c1cccc2C1=N[C@@H](Cc2ccccc2)CO1. The van der Waals surface area contributed by atoms with E-state index in [0.29, 0.717) is 12.5 Å². The molecule has 26 heavy (non-hydrogen) atoms. The molecule has 3 nitrogen and oxygen atoms in total. The summed E-state index contributed by atoms with van der Waals surface area (Å²) in [5, 5.41) is 0. The second-order valence-electron chi connectivity index (χ2n) is 6.69. The van der Waals surface area contributed by atoms with Crippen LogP contribution in [0.4, 0.5) is 0 Å². The first kappa shape index (κ1) is 15.1. The second-order valence-corrected chi connectivity index (χ2v) is 6.69. The summed E-state index contributed by atoms with van der Waals surface area (Å²) < 4.78 is 5.94. The molecule has 1 heterocycles. The molecule has 0 aromatic heterocycles. The van der Waals surface area contributed by atoms with Gasteiger partial charge < -0.3 is 4.74 Å². The van der Waals surface area contributed by atoms with Gasteiger partial charge in [0.1, 0.15) is 6.61 Å². The van der Waals surface area contributed by atoms with Crippen molar-refractivity contribution < 1.29 is 9.53 Å². The molecular formula is C23H17NO2. The molecule has 5 rings (SSSR count). The number of hydrogen-bond donors (Lipinski definition) is 0. The van der Waals surface area contributed by atoms with Gasteiger partial charge in [0.15, 0.2) is 5.78 Å². The van der Waals surface area contributed by atoms with Crippen LogP contribution in [0.3, 0.4) is 0 Å². The predicted octanol–water partition coefficient (Wildman–Crippen LogP) is 4.29. The van der Waals surface area contributed by atoms with E-state index in [1.54, 1.807) is 0 Å². The molecule has 0 amide bonds. The summed E-state index contributed by atoms with van der Waals surface area (Å²) in [6, 6.07) is 24.0. The van der Waals surface area contributed by atoms with Crippen molar-refractivity contribution in [2.75, 3.05) is 6.61 Å². The van der Waals surface area contributed by atoms with E-state index in [9.17, 15) is 4.79 Å². The van der Waals surface area contributed by atoms with Crippen molar-refractivity contribution in [2.45, 2.75) is 12.5 Å². The van der Waals surface area contributed by atoms with Crippen molar-refractivity contribution in [1.29, 1.82) is 0 Å². The summed E-state index contributed by atoms with van der Waals surface area (Å²) in [4.78, 5) is 17.5. The van der Waals surface area contributed by atoms with Gasteiger partial charge in [-0.25, -0.2) is 4.99 Å². The van der Waals surface area contributed by atoms with Gasteiger partial charge in [-0.3, -0.25) is 4.79 Å². The first-order valence-corrected chi connectivity index (χ1v) is 8.83. The van der Waals surface area contributed by atoms with E-state index in [4.69, 9.17) is 9.73 Å². The molecule has 0 fully saturated rings. The largest absolute Gasteiger partial charge is 0.475 e. The maximum Gasteiger partial charge on any atom is 0.217 e. The molecule has 126 valence electrons. The minimum atomic E-state index is 0.0804. The average Bonchev–Trinajstić information content (AvgIpc) is 3.26. The lowest BCUT2D eigenvalue weighted by Crippen LogP contribution is -2.09. The summed E-state index contributed by atoms with van der Waals surface area (Å²) in [5.74, 6) is 0.726. The van der Waals surface area contributed by atoms with Gasteiger partial charge in [-0.05, 0) is 23.6 Å².